The molecule has 3 aromatic rings. The largest absolute Gasteiger partial charge is 0.386 e. The maximum absolute atomic E-state index is 12.8. The Kier molecular flexibility index (Phi) is 6.01. The van der Waals surface area contributed by atoms with Gasteiger partial charge in [-0.25, -0.2) is 4.68 Å². The molecule has 1 fully saturated rings. The van der Waals surface area contributed by atoms with Gasteiger partial charge >= 0.3 is 0 Å². The van der Waals surface area contributed by atoms with Crippen LogP contribution in [0.15, 0.2) is 54.7 Å². The Morgan fingerprint density at radius 1 is 1.13 bits per heavy atom. The van der Waals surface area contributed by atoms with E-state index in [4.69, 9.17) is 11.6 Å². The Hall–Kier alpha value is -2.90. The highest BCUT2D eigenvalue weighted by Gasteiger charge is 2.25. The van der Waals surface area contributed by atoms with Gasteiger partial charge in [0.15, 0.2) is 5.69 Å². The second kappa shape index (κ2) is 8.85. The average Bonchev–Trinajstić information content (AvgIpc) is 3.24. The lowest BCUT2D eigenvalue weighted by Crippen LogP contribution is -2.49. The molecule has 0 bridgehead atoms. The lowest BCUT2D eigenvalue weighted by Gasteiger charge is -2.36. The van der Waals surface area contributed by atoms with Gasteiger partial charge in [0.2, 0.25) is 0 Å². The van der Waals surface area contributed by atoms with Gasteiger partial charge in [0, 0.05) is 36.9 Å². The predicted octanol–water partition coefficient (Wildman–Crippen LogP) is 2.94. The van der Waals surface area contributed by atoms with Gasteiger partial charge in [-0.3, -0.25) is 4.79 Å². The van der Waals surface area contributed by atoms with Crippen molar-refractivity contribution in [1.29, 1.82) is 0 Å². The molecule has 30 heavy (non-hydrogen) atoms. The minimum atomic E-state index is -0.708. The number of piperazine rings is 1. The first-order valence-electron chi connectivity index (χ1n) is 9.95. The van der Waals surface area contributed by atoms with Crippen LogP contribution in [0.3, 0.4) is 0 Å². The van der Waals surface area contributed by atoms with Crippen LogP contribution in [0.1, 0.15) is 27.7 Å². The summed E-state index contributed by atoms with van der Waals surface area (Å²) in [4.78, 5) is 16.9. The van der Waals surface area contributed by atoms with Crippen LogP contribution in [0.2, 0.25) is 5.02 Å². The van der Waals surface area contributed by atoms with E-state index in [1.165, 1.54) is 10.2 Å². The van der Waals surface area contributed by atoms with Crippen LogP contribution in [-0.2, 0) is 6.54 Å². The third-order valence-electron chi connectivity index (χ3n) is 5.38. The number of carbonyl (C=O) groups excluding carboxylic acids is 1. The molecule has 1 atom stereocenters. The summed E-state index contributed by atoms with van der Waals surface area (Å²) in [7, 11) is 0. The maximum atomic E-state index is 12.8. The van der Waals surface area contributed by atoms with Gasteiger partial charge in [-0.15, -0.1) is 5.10 Å². The molecule has 0 aliphatic carbocycles. The number of aliphatic hydroxyl groups excluding tert-OH is 1. The minimum Gasteiger partial charge on any atom is -0.386 e. The van der Waals surface area contributed by atoms with E-state index in [2.05, 4.69) is 22.1 Å². The molecule has 1 aliphatic rings. The van der Waals surface area contributed by atoms with Crippen molar-refractivity contribution in [2.75, 3.05) is 31.1 Å². The molecule has 2 aromatic carbocycles. The molecule has 1 N–H and O–H groups in total. The highest BCUT2D eigenvalue weighted by molar-refractivity contribution is 6.30. The number of aromatic nitrogens is 3. The van der Waals surface area contributed by atoms with Crippen LogP contribution in [0.25, 0.3) is 0 Å². The van der Waals surface area contributed by atoms with E-state index in [-0.39, 0.29) is 12.5 Å². The molecule has 1 aliphatic heterocycles. The maximum Gasteiger partial charge on any atom is 0.276 e. The molecule has 1 amide bonds. The molecule has 0 saturated carbocycles. The molecule has 0 unspecified atom stereocenters. The molecule has 4 rings (SSSR count). The zero-order valence-electron chi connectivity index (χ0n) is 16.8. The SMILES string of the molecule is Cc1ccc(Cl)cc1N1CCN(C(=O)c2cn(C[C@H](O)c3ccccc3)nn2)CC1. The molecular weight excluding hydrogens is 402 g/mol. The molecule has 156 valence electrons. The summed E-state index contributed by atoms with van der Waals surface area (Å²) in [6.07, 6.45) is 0.891. The Bertz CT molecular complexity index is 1020. The minimum absolute atomic E-state index is 0.141. The van der Waals surface area contributed by atoms with Gasteiger partial charge in [0.05, 0.1) is 18.8 Å². The fraction of sp³-hybridized carbons (Fsp3) is 0.318. The molecule has 0 spiro atoms. The van der Waals surface area contributed by atoms with Gasteiger partial charge in [-0.1, -0.05) is 53.2 Å². The summed E-state index contributed by atoms with van der Waals surface area (Å²) >= 11 is 6.15. The summed E-state index contributed by atoms with van der Waals surface area (Å²) in [5.74, 6) is -0.141. The van der Waals surface area contributed by atoms with Crippen LogP contribution in [-0.4, -0.2) is 57.1 Å². The zero-order valence-corrected chi connectivity index (χ0v) is 17.5. The first-order valence-corrected chi connectivity index (χ1v) is 10.3. The number of rotatable bonds is 5. The first-order chi connectivity index (χ1) is 14.5. The predicted molar refractivity (Wildman–Crippen MR) is 116 cm³/mol. The number of hydrogen-bond acceptors (Lipinski definition) is 5. The molecule has 7 nitrogen and oxygen atoms in total. The van der Waals surface area contributed by atoms with Crippen LogP contribution >= 0.6 is 11.6 Å². The van der Waals surface area contributed by atoms with E-state index >= 15 is 0 Å². The molecule has 0 radical (unpaired) electrons. The van der Waals surface area contributed by atoms with Crippen molar-refractivity contribution in [1.82, 2.24) is 19.9 Å². The number of benzene rings is 2. The van der Waals surface area contributed by atoms with E-state index in [0.717, 1.165) is 24.3 Å². The number of nitrogens with zero attached hydrogens (tertiary/aromatic N) is 5. The van der Waals surface area contributed by atoms with Crippen molar-refractivity contribution in [3.63, 3.8) is 0 Å². The topological polar surface area (TPSA) is 74.5 Å². The Morgan fingerprint density at radius 2 is 1.87 bits per heavy atom. The monoisotopic (exact) mass is 425 g/mol. The molecule has 8 heteroatoms. The van der Waals surface area contributed by atoms with Gasteiger partial charge in [0.1, 0.15) is 0 Å². The van der Waals surface area contributed by atoms with Crippen LogP contribution in [0, 0.1) is 6.92 Å². The average molecular weight is 426 g/mol. The zero-order chi connectivity index (χ0) is 21.1. The number of amides is 1. The number of aryl methyl sites for hydroxylation is 1. The van der Waals surface area contributed by atoms with Crippen molar-refractivity contribution in [2.24, 2.45) is 0 Å². The Balaban J connectivity index is 1.36. The summed E-state index contributed by atoms with van der Waals surface area (Å²) < 4.78 is 1.51. The summed E-state index contributed by atoms with van der Waals surface area (Å²) in [6, 6.07) is 15.2. The van der Waals surface area contributed by atoms with Crippen molar-refractivity contribution in [3.8, 4) is 0 Å². The Morgan fingerprint density at radius 3 is 2.60 bits per heavy atom. The van der Waals surface area contributed by atoms with E-state index in [0.29, 0.717) is 23.8 Å². The molecular formula is C22H24ClN5O2. The molecule has 1 saturated heterocycles. The summed E-state index contributed by atoms with van der Waals surface area (Å²) in [5.41, 5.74) is 3.37. The van der Waals surface area contributed by atoms with Crippen molar-refractivity contribution in [3.05, 3.63) is 76.6 Å². The lowest BCUT2D eigenvalue weighted by molar-refractivity contribution is 0.0740. The van der Waals surface area contributed by atoms with Crippen molar-refractivity contribution >= 4 is 23.2 Å². The highest BCUT2D eigenvalue weighted by atomic mass is 35.5. The normalized spacial score (nSPS) is 15.3. The number of aliphatic hydroxyl groups is 1. The van der Waals surface area contributed by atoms with Crippen LogP contribution in [0.5, 0.6) is 0 Å². The van der Waals surface area contributed by atoms with Gasteiger partial charge in [0.25, 0.3) is 5.91 Å². The van der Waals surface area contributed by atoms with Crippen LogP contribution in [0.4, 0.5) is 5.69 Å². The smallest absolute Gasteiger partial charge is 0.276 e. The van der Waals surface area contributed by atoms with E-state index in [1.807, 2.05) is 48.5 Å². The Labute approximate surface area is 180 Å². The van der Waals surface area contributed by atoms with Gasteiger partial charge in [-0.2, -0.15) is 0 Å². The van der Waals surface area contributed by atoms with Crippen LogP contribution < -0.4 is 4.90 Å². The number of hydrogen-bond donors (Lipinski definition) is 1. The quantitative estimate of drug-likeness (QED) is 0.680. The fourth-order valence-corrected chi connectivity index (χ4v) is 3.85. The molecule has 1 aromatic heterocycles. The van der Waals surface area contributed by atoms with E-state index in [1.54, 1.807) is 11.1 Å². The first kappa shape index (κ1) is 20.4. The second-order valence-corrected chi connectivity index (χ2v) is 7.90. The van der Waals surface area contributed by atoms with Crippen molar-refractivity contribution in [2.45, 2.75) is 19.6 Å². The fourth-order valence-electron chi connectivity index (χ4n) is 3.68. The molecule has 2 heterocycles. The third-order valence-corrected chi connectivity index (χ3v) is 5.62. The van der Waals surface area contributed by atoms with E-state index < -0.39 is 6.10 Å². The number of anilines is 1. The number of carbonyl (C=O) groups is 1. The lowest BCUT2D eigenvalue weighted by atomic mass is 10.1. The third kappa shape index (κ3) is 4.47. The van der Waals surface area contributed by atoms with Gasteiger partial charge < -0.3 is 14.9 Å². The second-order valence-electron chi connectivity index (χ2n) is 7.46. The number of halogens is 1. The van der Waals surface area contributed by atoms with Gasteiger partial charge in [-0.05, 0) is 30.2 Å². The van der Waals surface area contributed by atoms with Crippen molar-refractivity contribution < 1.29 is 9.90 Å². The summed E-state index contributed by atoms with van der Waals surface area (Å²) in [5, 5.41) is 19.1. The van der Waals surface area contributed by atoms with E-state index in [9.17, 15) is 9.90 Å². The summed E-state index contributed by atoms with van der Waals surface area (Å²) in [6.45, 7) is 4.97. The standard InChI is InChI=1S/C22H24ClN5O2/c1-16-7-8-18(23)13-20(16)26-9-11-27(12-10-26)22(30)19-14-28(25-24-19)15-21(29)17-5-3-2-4-6-17/h2-8,13-14,21,29H,9-12,15H2,1H3/t21-/m0/s1. The highest BCUT2D eigenvalue weighted by Crippen LogP contribution is 2.25.